The number of carbonyl (C=O) groups is 3. The van der Waals surface area contributed by atoms with Gasteiger partial charge in [-0.3, -0.25) is 9.59 Å². The minimum Gasteiger partial charge on any atom is -0.472 e. The summed E-state index contributed by atoms with van der Waals surface area (Å²) < 4.78 is 35.7. The predicted octanol–water partition coefficient (Wildman–Crippen LogP) is 1.40. The first kappa shape index (κ1) is 28.3. The maximum absolute atomic E-state index is 13.5. The van der Waals surface area contributed by atoms with Gasteiger partial charge in [-0.15, -0.1) is 0 Å². The van der Waals surface area contributed by atoms with Crippen molar-refractivity contribution in [3.05, 3.63) is 24.2 Å². The van der Waals surface area contributed by atoms with Crippen molar-refractivity contribution in [1.29, 1.82) is 0 Å². The zero-order valence-corrected chi connectivity index (χ0v) is 24.5. The van der Waals surface area contributed by atoms with Crippen molar-refractivity contribution in [2.75, 3.05) is 14.2 Å². The van der Waals surface area contributed by atoms with Crippen molar-refractivity contribution in [2.24, 2.45) is 34.0 Å². The first-order valence-corrected chi connectivity index (χ1v) is 14.4. The number of furan rings is 1. The summed E-state index contributed by atoms with van der Waals surface area (Å²) in [6, 6.07) is 1.70. The van der Waals surface area contributed by atoms with E-state index in [0.29, 0.717) is 18.4 Å². The monoisotopic (exact) mass is 590 g/mol. The fraction of sp³-hybridized carbons (Fsp3) is 0.767. The molecular weight excluding hydrogens is 552 g/mol. The summed E-state index contributed by atoms with van der Waals surface area (Å²) in [5, 5.41) is 37.5. The molecule has 0 aromatic carbocycles. The minimum absolute atomic E-state index is 0.0102. The lowest BCUT2D eigenvalue weighted by Crippen LogP contribution is -2.73. The van der Waals surface area contributed by atoms with Gasteiger partial charge in [0.15, 0.2) is 6.10 Å². The Kier molecular flexibility index (Phi) is 5.35. The predicted molar refractivity (Wildman–Crippen MR) is 138 cm³/mol. The number of hydrogen-bond acceptors (Lipinski definition) is 12. The van der Waals surface area contributed by atoms with E-state index in [1.54, 1.807) is 13.0 Å². The number of fused-ring (bicyclic) bond motifs is 2. The Morgan fingerprint density at radius 2 is 1.90 bits per heavy atom. The molecule has 2 saturated heterocycles. The van der Waals surface area contributed by atoms with Gasteiger partial charge in [0, 0.05) is 47.7 Å². The zero-order valence-electron chi connectivity index (χ0n) is 24.5. The lowest BCUT2D eigenvalue weighted by Gasteiger charge is -2.63. The fourth-order valence-corrected chi connectivity index (χ4v) is 11.8. The van der Waals surface area contributed by atoms with Crippen LogP contribution in [0, 0.1) is 34.0 Å². The maximum atomic E-state index is 13.5. The highest BCUT2D eigenvalue weighted by atomic mass is 16.7. The quantitative estimate of drug-likeness (QED) is 0.333. The second kappa shape index (κ2) is 7.95. The lowest BCUT2D eigenvalue weighted by molar-refractivity contribution is -0.369. The molecule has 0 amide bonds. The van der Waals surface area contributed by atoms with Gasteiger partial charge in [0.25, 0.3) is 0 Å². The zero-order chi connectivity index (χ0) is 30.5. The van der Waals surface area contributed by atoms with E-state index in [1.165, 1.54) is 26.6 Å². The Morgan fingerprint density at radius 1 is 1.19 bits per heavy atom. The van der Waals surface area contributed by atoms with Crippen LogP contribution in [0.1, 0.15) is 65.0 Å². The summed E-state index contributed by atoms with van der Waals surface area (Å²) in [5.74, 6) is -7.14. The molecule has 4 aliphatic carbocycles. The molecule has 6 fully saturated rings. The molecule has 1 aromatic heterocycles. The number of aliphatic hydroxyl groups excluding tert-OH is 2. The average Bonchev–Trinajstić information content (AvgIpc) is 3.61. The van der Waals surface area contributed by atoms with Crippen molar-refractivity contribution in [1.82, 2.24) is 0 Å². The van der Waals surface area contributed by atoms with Gasteiger partial charge in [-0.05, 0) is 25.3 Å². The molecule has 12 nitrogen and oxygen atoms in total. The number of hydrogen-bond donors (Lipinski definition) is 3. The van der Waals surface area contributed by atoms with Crippen LogP contribution in [0.5, 0.6) is 0 Å². The highest BCUT2D eigenvalue weighted by Crippen LogP contribution is 2.88. The topological polar surface area (TPSA) is 171 Å². The Labute approximate surface area is 242 Å². The van der Waals surface area contributed by atoms with Gasteiger partial charge in [0.1, 0.15) is 29.0 Å². The molecule has 1 spiro atoms. The number of ether oxygens (including phenoxy) is 5. The van der Waals surface area contributed by atoms with Gasteiger partial charge in [-0.25, -0.2) is 4.79 Å². The number of rotatable bonds is 5. The van der Waals surface area contributed by atoms with E-state index in [9.17, 15) is 29.7 Å². The van der Waals surface area contributed by atoms with Crippen LogP contribution in [-0.2, 0) is 38.1 Å². The Bertz CT molecular complexity index is 1380. The molecule has 2 aliphatic heterocycles. The first-order chi connectivity index (χ1) is 19.6. The van der Waals surface area contributed by atoms with Crippen molar-refractivity contribution in [3.63, 3.8) is 0 Å². The molecule has 3 heterocycles. The summed E-state index contributed by atoms with van der Waals surface area (Å²) >= 11 is 0. The molecular formula is C30H38O12. The van der Waals surface area contributed by atoms with E-state index < -0.39 is 92.8 Å². The summed E-state index contributed by atoms with van der Waals surface area (Å²) in [6.07, 6.45) is -0.776. The van der Waals surface area contributed by atoms with E-state index in [1.807, 2.05) is 13.8 Å². The molecule has 6 aliphatic rings. The van der Waals surface area contributed by atoms with Gasteiger partial charge >= 0.3 is 17.9 Å². The Morgan fingerprint density at radius 3 is 2.50 bits per heavy atom. The summed E-state index contributed by atoms with van der Waals surface area (Å²) in [6.45, 7) is 6.67. The molecule has 42 heavy (non-hydrogen) atoms. The van der Waals surface area contributed by atoms with E-state index >= 15 is 0 Å². The minimum atomic E-state index is -1.98. The molecule has 13 atom stereocenters. The number of esters is 3. The van der Waals surface area contributed by atoms with Crippen LogP contribution in [0.4, 0.5) is 0 Å². The van der Waals surface area contributed by atoms with E-state index in [0.717, 1.165) is 7.11 Å². The normalized spacial score (nSPS) is 53.7. The summed E-state index contributed by atoms with van der Waals surface area (Å²) in [4.78, 5) is 39.5. The second-order valence-electron chi connectivity index (χ2n) is 14.0. The van der Waals surface area contributed by atoms with Gasteiger partial charge < -0.3 is 43.4 Å². The molecule has 7 rings (SSSR count). The molecule has 4 saturated carbocycles. The Balaban J connectivity index is 1.57. The van der Waals surface area contributed by atoms with E-state index in [-0.39, 0.29) is 12.8 Å². The van der Waals surface area contributed by atoms with Gasteiger partial charge in [-0.1, -0.05) is 20.8 Å². The van der Waals surface area contributed by atoms with Crippen molar-refractivity contribution >= 4 is 17.9 Å². The van der Waals surface area contributed by atoms with Crippen LogP contribution in [0.25, 0.3) is 0 Å². The summed E-state index contributed by atoms with van der Waals surface area (Å²) in [5.41, 5.74) is -8.23. The van der Waals surface area contributed by atoms with Crippen LogP contribution >= 0.6 is 0 Å². The van der Waals surface area contributed by atoms with Gasteiger partial charge in [-0.2, -0.15) is 0 Å². The van der Waals surface area contributed by atoms with Crippen molar-refractivity contribution < 1.29 is 57.8 Å². The van der Waals surface area contributed by atoms with Crippen molar-refractivity contribution in [3.8, 4) is 0 Å². The van der Waals surface area contributed by atoms with Crippen LogP contribution < -0.4 is 0 Å². The smallest absolute Gasteiger partial charge is 0.335 e. The second-order valence-corrected chi connectivity index (χ2v) is 14.0. The van der Waals surface area contributed by atoms with E-state index in [4.69, 9.17) is 28.1 Å². The van der Waals surface area contributed by atoms with E-state index in [2.05, 4.69) is 0 Å². The third-order valence-electron chi connectivity index (χ3n) is 12.8. The largest absolute Gasteiger partial charge is 0.472 e. The SMILES string of the molecule is COC(=O)C(O)C1C2(C)CC3(OC(C)=O)C4C(OC)(OC56CC(=O)OC(c7ccoc7)C5(C)CCC(C13C)C46O)C2O. The number of carbonyl (C=O) groups excluding carboxylic acids is 3. The molecule has 2 bridgehead atoms. The molecule has 0 radical (unpaired) electrons. The highest BCUT2D eigenvalue weighted by molar-refractivity contribution is 5.76. The molecule has 13 unspecified atom stereocenters. The van der Waals surface area contributed by atoms with Crippen LogP contribution in [0.2, 0.25) is 0 Å². The third kappa shape index (κ3) is 2.53. The van der Waals surface area contributed by atoms with Crippen LogP contribution in [0.15, 0.2) is 23.0 Å². The standard InChI is InChI=1S/C30H38O12/c1-14(31)41-27-13-24(2)19(18(33)21(34)37-5)26(27,4)16-7-9-25(3)20(15-8-10-39-12-15)40-17(32)11-28(25)29(16,36)22(27)30(38-6,42-28)23(24)35/h8,10,12,16,18-20,22-23,33,35-36H,7,9,11,13H2,1-6H3. The van der Waals surface area contributed by atoms with Gasteiger partial charge in [0.05, 0.1) is 32.0 Å². The number of methoxy groups -OCH3 is 2. The molecule has 1 aromatic rings. The van der Waals surface area contributed by atoms with Crippen LogP contribution in [0.3, 0.4) is 0 Å². The fourth-order valence-electron chi connectivity index (χ4n) is 11.8. The third-order valence-corrected chi connectivity index (χ3v) is 12.8. The number of aliphatic hydroxyl groups is 3. The molecule has 12 heteroatoms. The van der Waals surface area contributed by atoms with Crippen LogP contribution in [-0.4, -0.2) is 82.2 Å². The highest BCUT2D eigenvalue weighted by Gasteiger charge is 3.00. The molecule has 3 N–H and O–H groups in total. The number of cyclic esters (lactones) is 1. The maximum Gasteiger partial charge on any atom is 0.335 e. The Hall–Kier alpha value is -2.51. The molecule has 230 valence electrons. The first-order valence-electron chi connectivity index (χ1n) is 14.4. The van der Waals surface area contributed by atoms with Crippen molar-refractivity contribution in [2.45, 2.75) is 94.3 Å². The lowest BCUT2D eigenvalue weighted by atomic mass is 9.45. The summed E-state index contributed by atoms with van der Waals surface area (Å²) in [7, 11) is 2.51. The van der Waals surface area contributed by atoms with Gasteiger partial charge in [0.2, 0.25) is 5.79 Å². The average molecular weight is 591 g/mol.